The second kappa shape index (κ2) is 16.6. The largest absolute Gasteiger partial charge is 0.319 e. The Kier molecular flexibility index (Phi) is 9.47. The minimum absolute atomic E-state index is 0.421. The summed E-state index contributed by atoms with van der Waals surface area (Å²) in [6.45, 7) is 8.83. The Morgan fingerprint density at radius 3 is 1.27 bits per heavy atom. The smallest absolute Gasteiger partial charge is 0.218 e. The third-order valence-corrected chi connectivity index (χ3v) is 14.2. The van der Waals surface area contributed by atoms with Gasteiger partial charge in [0.15, 0.2) is 17.5 Å². The van der Waals surface area contributed by atoms with E-state index in [4.69, 9.17) is 21.5 Å². The molecule has 8 heteroatoms. The van der Waals surface area contributed by atoms with Crippen LogP contribution in [0, 0.1) is 17.9 Å². The first-order valence-electron chi connectivity index (χ1n) is 24.1. The molecular weight excluding hydrogens is 893 g/mol. The van der Waals surface area contributed by atoms with Crippen LogP contribution >= 0.6 is 0 Å². The van der Waals surface area contributed by atoms with E-state index in [-0.39, 0.29) is 0 Å². The molecule has 0 amide bonds. The van der Waals surface area contributed by atoms with Gasteiger partial charge in [-0.15, -0.1) is 0 Å². The Morgan fingerprint density at radius 2 is 0.781 bits per heavy atom. The van der Waals surface area contributed by atoms with E-state index in [2.05, 4.69) is 188 Å². The molecule has 0 aliphatic carbocycles. The van der Waals surface area contributed by atoms with Crippen molar-refractivity contribution in [2.45, 2.75) is 0 Å². The normalized spacial score (nSPS) is 11.5. The number of fused-ring (bicyclic) bond motifs is 9. The average Bonchev–Trinajstić information content (AvgIpc) is 4.11. The lowest BCUT2D eigenvalue weighted by Gasteiger charge is -2.18. The van der Waals surface area contributed by atoms with Crippen molar-refractivity contribution in [3.8, 4) is 68.4 Å². The maximum absolute atomic E-state index is 10.4. The molecule has 338 valence electrons. The van der Waals surface area contributed by atoms with Crippen molar-refractivity contribution in [3.63, 3.8) is 0 Å². The summed E-state index contributed by atoms with van der Waals surface area (Å²) in [6.07, 6.45) is 0. The summed E-state index contributed by atoms with van der Waals surface area (Å²) in [7, 11) is 0. The van der Waals surface area contributed by atoms with Gasteiger partial charge in [0.2, 0.25) is 5.69 Å². The highest BCUT2D eigenvalue weighted by Crippen LogP contribution is 2.44. The molecule has 0 aliphatic heterocycles. The predicted octanol–water partition coefficient (Wildman–Crippen LogP) is 16.3. The van der Waals surface area contributed by atoms with E-state index in [9.17, 15) is 5.26 Å². The van der Waals surface area contributed by atoms with Crippen LogP contribution in [0.3, 0.4) is 0 Å². The zero-order chi connectivity index (χ0) is 48.6. The molecule has 0 N–H and O–H groups in total. The summed E-state index contributed by atoms with van der Waals surface area (Å²) >= 11 is 0. The third kappa shape index (κ3) is 6.49. The van der Waals surface area contributed by atoms with Crippen LogP contribution in [0.15, 0.2) is 231 Å². The fourth-order valence-corrected chi connectivity index (χ4v) is 11.0. The molecule has 0 saturated heterocycles. The minimum Gasteiger partial charge on any atom is -0.319 e. The van der Waals surface area contributed by atoms with Gasteiger partial charge >= 0.3 is 0 Å². The second-order valence-corrected chi connectivity index (χ2v) is 18.1. The first-order valence-corrected chi connectivity index (χ1v) is 24.1. The monoisotopic (exact) mass is 930 g/mol. The SMILES string of the molecule is [C-]#[N+]c1c(-c2ccc(-c3nc(-c4ccccc4)nc(-c4cc(C#N)ccc4-n4c5ccccc5c5ccccc54)n3)c(-n3c4ccccc4c4ccccc43)c2)cccc1-n1c2ccccc2c2ccccc21. The summed E-state index contributed by atoms with van der Waals surface area (Å²) in [5.41, 5.74) is 13.6. The lowest BCUT2D eigenvalue weighted by molar-refractivity contribution is 1.06. The molecule has 0 bridgehead atoms. The lowest BCUT2D eigenvalue weighted by atomic mass is 9.98. The van der Waals surface area contributed by atoms with Crippen molar-refractivity contribution in [3.05, 3.63) is 248 Å². The van der Waals surface area contributed by atoms with E-state index in [0.29, 0.717) is 34.3 Å². The number of para-hydroxylation sites is 7. The van der Waals surface area contributed by atoms with Crippen LogP contribution in [0.25, 0.3) is 133 Å². The van der Waals surface area contributed by atoms with Crippen LogP contribution in [-0.4, -0.2) is 28.7 Å². The highest BCUT2D eigenvalue weighted by atomic mass is 15.1. The second-order valence-electron chi connectivity index (χ2n) is 18.1. The lowest BCUT2D eigenvalue weighted by Crippen LogP contribution is -2.06. The van der Waals surface area contributed by atoms with Gasteiger partial charge in [-0.25, -0.2) is 19.8 Å². The molecule has 0 fully saturated rings. The molecule has 4 aromatic heterocycles. The number of hydrogen-bond acceptors (Lipinski definition) is 4. The molecule has 0 spiro atoms. The summed E-state index contributed by atoms with van der Waals surface area (Å²) < 4.78 is 6.76. The fourth-order valence-electron chi connectivity index (χ4n) is 11.0. The number of nitriles is 1. The van der Waals surface area contributed by atoms with E-state index in [1.54, 1.807) is 0 Å². The zero-order valence-electron chi connectivity index (χ0n) is 39.0. The van der Waals surface area contributed by atoms with Crippen LogP contribution in [0.5, 0.6) is 0 Å². The quantitative estimate of drug-likeness (QED) is 0.149. The Hall–Kier alpha value is -10.4. The Labute approximate surface area is 419 Å². The van der Waals surface area contributed by atoms with Gasteiger partial charge in [0, 0.05) is 49.0 Å². The van der Waals surface area contributed by atoms with Crippen LogP contribution in [-0.2, 0) is 0 Å². The molecule has 0 aliphatic rings. The van der Waals surface area contributed by atoms with Gasteiger partial charge in [-0.3, -0.25) is 0 Å². The number of rotatable bonds is 7. The number of nitrogens with zero attached hydrogens (tertiary/aromatic N) is 8. The van der Waals surface area contributed by atoms with Gasteiger partial charge < -0.3 is 13.7 Å². The van der Waals surface area contributed by atoms with Crippen molar-refractivity contribution in [2.75, 3.05) is 0 Å². The van der Waals surface area contributed by atoms with Crippen molar-refractivity contribution in [2.24, 2.45) is 0 Å². The number of hydrogen-bond donors (Lipinski definition) is 0. The molecule has 4 heterocycles. The van der Waals surface area contributed by atoms with Gasteiger partial charge in [0.05, 0.1) is 68.4 Å². The number of benzene rings is 10. The van der Waals surface area contributed by atoms with E-state index in [0.717, 1.165) is 105 Å². The van der Waals surface area contributed by atoms with E-state index < -0.39 is 0 Å². The van der Waals surface area contributed by atoms with E-state index >= 15 is 0 Å². The van der Waals surface area contributed by atoms with Crippen LogP contribution < -0.4 is 0 Å². The molecular formula is C65H38N8. The first-order chi connectivity index (χ1) is 36.1. The van der Waals surface area contributed by atoms with E-state index in [1.165, 1.54) is 0 Å². The highest BCUT2D eigenvalue weighted by molar-refractivity contribution is 6.12. The minimum atomic E-state index is 0.421. The van der Waals surface area contributed by atoms with Crippen molar-refractivity contribution >= 4 is 71.1 Å². The molecule has 73 heavy (non-hydrogen) atoms. The maximum atomic E-state index is 10.4. The molecule has 8 nitrogen and oxygen atoms in total. The van der Waals surface area contributed by atoms with Crippen molar-refractivity contribution in [1.29, 1.82) is 5.26 Å². The van der Waals surface area contributed by atoms with Crippen LogP contribution in [0.4, 0.5) is 5.69 Å². The van der Waals surface area contributed by atoms with Gasteiger partial charge in [-0.2, -0.15) is 5.26 Å². The first kappa shape index (κ1) is 41.6. The van der Waals surface area contributed by atoms with Gasteiger partial charge in [0.1, 0.15) is 0 Å². The highest BCUT2D eigenvalue weighted by Gasteiger charge is 2.25. The topological polar surface area (TPSA) is 81.6 Å². The molecule has 0 unspecified atom stereocenters. The average molecular weight is 931 g/mol. The predicted molar refractivity (Wildman–Crippen MR) is 296 cm³/mol. The maximum Gasteiger partial charge on any atom is 0.218 e. The number of aromatic nitrogens is 6. The van der Waals surface area contributed by atoms with E-state index in [1.807, 2.05) is 66.7 Å². The standard InChI is InChI=1S/C65H38N8/c1-67-62-44(26-17-33-60(62)72-55-29-13-7-22-47(55)48-23-8-14-30-56(48)72)43-35-36-51(61(39-43)73-57-31-15-9-24-49(57)50-25-10-16-32-58(50)73)64-68-63(42-18-3-2-4-19-42)69-65(70-64)52-38-41(40-66)34-37-59(52)71-53-27-11-5-20-45(53)46-21-6-12-28-54(46)71/h2-39H. The van der Waals surface area contributed by atoms with Crippen LogP contribution in [0.1, 0.15) is 5.56 Å². The Balaban J connectivity index is 1.05. The summed E-state index contributed by atoms with van der Waals surface area (Å²) in [5, 5.41) is 17.2. The fraction of sp³-hybridized carbons (Fsp3) is 0. The summed E-state index contributed by atoms with van der Waals surface area (Å²) in [6, 6.07) is 81.1. The van der Waals surface area contributed by atoms with Gasteiger partial charge in [0.25, 0.3) is 0 Å². The van der Waals surface area contributed by atoms with Crippen molar-refractivity contribution in [1.82, 2.24) is 28.7 Å². The molecule has 0 radical (unpaired) electrons. The molecule has 10 aromatic carbocycles. The summed E-state index contributed by atoms with van der Waals surface area (Å²) in [4.78, 5) is 20.4. The molecule has 0 atom stereocenters. The molecule has 14 aromatic rings. The zero-order valence-corrected chi connectivity index (χ0v) is 39.0. The van der Waals surface area contributed by atoms with Crippen LogP contribution in [0.2, 0.25) is 0 Å². The molecule has 0 saturated carbocycles. The Morgan fingerprint density at radius 1 is 0.342 bits per heavy atom. The summed E-state index contributed by atoms with van der Waals surface area (Å²) in [5.74, 6) is 1.36. The van der Waals surface area contributed by atoms with Gasteiger partial charge in [-0.1, -0.05) is 158 Å². The Bertz CT molecular complexity index is 4500. The third-order valence-electron chi connectivity index (χ3n) is 14.2. The van der Waals surface area contributed by atoms with Crippen molar-refractivity contribution < 1.29 is 0 Å². The molecule has 14 rings (SSSR count). The van der Waals surface area contributed by atoms with Gasteiger partial charge in [-0.05, 0) is 83.9 Å².